The van der Waals surface area contributed by atoms with Gasteiger partial charge in [-0.1, -0.05) is 145 Å². The molecule has 42 heavy (non-hydrogen) atoms. The summed E-state index contributed by atoms with van der Waals surface area (Å²) in [7, 11) is 0. The topological polar surface area (TPSA) is 0 Å². The first-order valence-electron chi connectivity index (χ1n) is 15.0. The Morgan fingerprint density at radius 2 is 0.619 bits per heavy atom. The van der Waals surface area contributed by atoms with Gasteiger partial charge in [-0.3, -0.25) is 0 Å². The Morgan fingerprint density at radius 3 is 1.02 bits per heavy atom. The van der Waals surface area contributed by atoms with Crippen LogP contribution in [-0.4, -0.2) is 0 Å². The molecular formula is C42H28. The summed E-state index contributed by atoms with van der Waals surface area (Å²) in [6, 6.07) is 51.2. The average molecular weight is 533 g/mol. The van der Waals surface area contributed by atoms with Crippen molar-refractivity contribution in [3.8, 4) is 22.3 Å². The van der Waals surface area contributed by atoms with Crippen LogP contribution in [0.5, 0.6) is 0 Å². The molecule has 4 aliphatic rings. The number of hydrogen-bond acceptors (Lipinski definition) is 0. The van der Waals surface area contributed by atoms with Crippen molar-refractivity contribution in [3.63, 3.8) is 0 Å². The maximum atomic E-state index is 2.47. The van der Waals surface area contributed by atoms with Gasteiger partial charge in [0.15, 0.2) is 0 Å². The molecule has 0 amide bonds. The highest BCUT2D eigenvalue weighted by molar-refractivity contribution is 6.19. The smallest absolute Gasteiger partial charge is 0.0619 e. The number of hydrogen-bond donors (Lipinski definition) is 0. The molecule has 0 nitrogen and oxygen atoms in total. The van der Waals surface area contributed by atoms with Gasteiger partial charge in [0.2, 0.25) is 0 Å². The minimum Gasteiger partial charge on any atom is -0.0619 e. The minimum atomic E-state index is -0.370. The standard InChI is InChI=1S/C42H28/c1-25-19-21-29-27-11-3-7-15-33(27)41(37(29)23-25)35-17-9-5-13-31(35)40-39(41)32-14-6-10-18-36(32)42(40)34-16-8-4-12-28(34)30-22-20-26(2)24-38(30)42/h3-24H,1-2H3. The maximum Gasteiger partial charge on any atom is 0.0728 e. The number of fused-ring (bicyclic) bond motifs is 18. The second kappa shape index (κ2) is 7.46. The first-order valence-corrected chi connectivity index (χ1v) is 15.0. The Hall–Kier alpha value is -4.94. The molecule has 0 N–H and O–H groups in total. The summed E-state index contributed by atoms with van der Waals surface area (Å²) in [5.41, 5.74) is 21.5. The fraction of sp³-hybridized carbons (Fsp3) is 0.0952. The van der Waals surface area contributed by atoms with E-state index in [-0.39, 0.29) is 10.8 Å². The predicted octanol–water partition coefficient (Wildman–Crippen LogP) is 9.87. The monoisotopic (exact) mass is 532 g/mol. The molecule has 0 aromatic heterocycles. The Labute approximate surface area is 246 Å². The van der Waals surface area contributed by atoms with E-state index in [1.54, 1.807) is 0 Å². The molecule has 4 aliphatic carbocycles. The van der Waals surface area contributed by atoms with Gasteiger partial charge < -0.3 is 0 Å². The van der Waals surface area contributed by atoms with Crippen molar-refractivity contribution in [2.24, 2.45) is 0 Å². The largest absolute Gasteiger partial charge is 0.0728 e. The predicted molar refractivity (Wildman–Crippen MR) is 173 cm³/mol. The molecule has 0 heteroatoms. The Bertz CT molecular complexity index is 2070. The van der Waals surface area contributed by atoms with Crippen molar-refractivity contribution in [3.05, 3.63) is 189 Å². The highest BCUT2D eigenvalue weighted by atomic mass is 14.6. The molecule has 0 radical (unpaired) electrons. The number of allylic oxidation sites excluding steroid dienone is 2. The van der Waals surface area contributed by atoms with Crippen LogP contribution in [0.1, 0.15) is 55.6 Å². The fourth-order valence-electron chi connectivity index (χ4n) is 9.28. The van der Waals surface area contributed by atoms with E-state index in [0.717, 1.165) is 0 Å². The van der Waals surface area contributed by atoms with Gasteiger partial charge in [0.25, 0.3) is 0 Å². The van der Waals surface area contributed by atoms with E-state index in [0.29, 0.717) is 0 Å². The van der Waals surface area contributed by atoms with Crippen LogP contribution in [0.25, 0.3) is 33.4 Å². The van der Waals surface area contributed by atoms with Crippen LogP contribution in [0.4, 0.5) is 0 Å². The van der Waals surface area contributed by atoms with Crippen molar-refractivity contribution in [2.75, 3.05) is 0 Å². The first kappa shape index (κ1) is 22.7. The van der Waals surface area contributed by atoms with E-state index in [4.69, 9.17) is 0 Å². The molecule has 10 rings (SSSR count). The lowest BCUT2D eigenvalue weighted by Gasteiger charge is -2.34. The summed E-state index contributed by atoms with van der Waals surface area (Å²) in [6.07, 6.45) is 0. The third-order valence-electron chi connectivity index (χ3n) is 10.6. The van der Waals surface area contributed by atoms with Gasteiger partial charge in [0.05, 0.1) is 10.8 Å². The molecule has 2 atom stereocenters. The molecule has 0 heterocycles. The zero-order chi connectivity index (χ0) is 27.8. The van der Waals surface area contributed by atoms with E-state index in [1.165, 1.54) is 89.0 Å². The van der Waals surface area contributed by atoms with Gasteiger partial charge >= 0.3 is 0 Å². The highest BCUT2D eigenvalue weighted by Crippen LogP contribution is 2.74. The van der Waals surface area contributed by atoms with Crippen LogP contribution in [-0.2, 0) is 10.8 Å². The summed E-state index contributed by atoms with van der Waals surface area (Å²) in [5.74, 6) is 0. The third-order valence-corrected chi connectivity index (χ3v) is 10.6. The molecule has 0 saturated heterocycles. The van der Waals surface area contributed by atoms with Crippen LogP contribution in [0, 0.1) is 13.8 Å². The normalized spacial score (nSPS) is 21.2. The molecule has 0 fully saturated rings. The van der Waals surface area contributed by atoms with E-state index in [1.807, 2.05) is 0 Å². The van der Waals surface area contributed by atoms with Gasteiger partial charge in [0.1, 0.15) is 0 Å². The van der Waals surface area contributed by atoms with Crippen molar-refractivity contribution in [1.82, 2.24) is 0 Å². The summed E-state index contributed by atoms with van der Waals surface area (Å²) in [5, 5.41) is 0. The third kappa shape index (κ3) is 2.30. The van der Waals surface area contributed by atoms with E-state index < -0.39 is 0 Å². The van der Waals surface area contributed by atoms with E-state index in [9.17, 15) is 0 Å². The van der Waals surface area contributed by atoms with Crippen LogP contribution in [0.15, 0.2) is 133 Å². The second-order valence-corrected chi connectivity index (χ2v) is 12.5. The number of aryl methyl sites for hydroxylation is 2. The molecule has 2 unspecified atom stereocenters. The summed E-state index contributed by atoms with van der Waals surface area (Å²) >= 11 is 0. The van der Waals surface area contributed by atoms with Gasteiger partial charge in [-0.15, -0.1) is 0 Å². The zero-order valence-electron chi connectivity index (χ0n) is 23.7. The lowest BCUT2D eigenvalue weighted by atomic mass is 9.66. The Morgan fingerprint density at radius 1 is 0.310 bits per heavy atom. The molecule has 196 valence electrons. The van der Waals surface area contributed by atoms with Gasteiger partial charge in [-0.2, -0.15) is 0 Å². The van der Waals surface area contributed by atoms with Crippen LogP contribution < -0.4 is 0 Å². The first-order chi connectivity index (χ1) is 20.7. The van der Waals surface area contributed by atoms with E-state index >= 15 is 0 Å². The molecule has 6 aromatic carbocycles. The van der Waals surface area contributed by atoms with Crippen molar-refractivity contribution in [1.29, 1.82) is 0 Å². The van der Waals surface area contributed by atoms with Gasteiger partial charge in [0, 0.05) is 0 Å². The molecule has 0 aliphatic heterocycles. The van der Waals surface area contributed by atoms with Gasteiger partial charge in [-0.05, 0) is 91.8 Å². The summed E-state index contributed by atoms with van der Waals surface area (Å²) in [4.78, 5) is 0. The second-order valence-electron chi connectivity index (χ2n) is 12.5. The molecule has 2 spiro atoms. The van der Waals surface area contributed by atoms with Crippen molar-refractivity contribution >= 4 is 11.1 Å². The number of rotatable bonds is 0. The van der Waals surface area contributed by atoms with E-state index in [2.05, 4.69) is 147 Å². The summed E-state index contributed by atoms with van der Waals surface area (Å²) < 4.78 is 0. The average Bonchev–Trinajstić information content (AvgIpc) is 3.69. The number of benzene rings is 6. The quantitative estimate of drug-likeness (QED) is 0.183. The Kier molecular flexibility index (Phi) is 4.04. The molecule has 6 aromatic rings. The maximum absolute atomic E-state index is 2.47. The summed E-state index contributed by atoms with van der Waals surface area (Å²) in [6.45, 7) is 4.48. The van der Waals surface area contributed by atoms with Crippen LogP contribution >= 0.6 is 0 Å². The highest BCUT2D eigenvalue weighted by Gasteiger charge is 2.63. The SMILES string of the molecule is Cc1ccc2c(c1)C1(C3=C(c4ccccc41)C1(c4ccccc43)c3ccccc3-c3ccc(C)cc31)c1ccccc1-2. The van der Waals surface area contributed by atoms with Crippen molar-refractivity contribution < 1.29 is 0 Å². The van der Waals surface area contributed by atoms with Crippen molar-refractivity contribution in [2.45, 2.75) is 24.7 Å². The molecule has 0 saturated carbocycles. The van der Waals surface area contributed by atoms with Crippen LogP contribution in [0.3, 0.4) is 0 Å². The van der Waals surface area contributed by atoms with Gasteiger partial charge in [-0.25, -0.2) is 0 Å². The minimum absolute atomic E-state index is 0.370. The zero-order valence-corrected chi connectivity index (χ0v) is 23.7. The lowest BCUT2D eigenvalue weighted by Crippen LogP contribution is -2.28. The fourth-order valence-corrected chi connectivity index (χ4v) is 9.28. The Balaban J connectivity index is 1.48. The molecular weight excluding hydrogens is 504 g/mol. The lowest BCUT2D eigenvalue weighted by molar-refractivity contribution is 0.825. The van der Waals surface area contributed by atoms with Crippen LogP contribution in [0.2, 0.25) is 0 Å². The molecule has 0 bridgehead atoms.